The van der Waals surface area contributed by atoms with E-state index in [2.05, 4.69) is 10.4 Å². The average Bonchev–Trinajstić information content (AvgIpc) is 3.32. The average molecular weight is 452 g/mol. The fourth-order valence-electron chi connectivity index (χ4n) is 3.15. The summed E-state index contributed by atoms with van der Waals surface area (Å²) in [6.07, 6.45) is 0. The molecule has 0 aliphatic carbocycles. The molecule has 2 aromatic heterocycles. The summed E-state index contributed by atoms with van der Waals surface area (Å²) in [6.45, 7) is 1.64. The second kappa shape index (κ2) is 8.75. The van der Waals surface area contributed by atoms with Gasteiger partial charge in [0.05, 0.1) is 23.2 Å². The Morgan fingerprint density at radius 1 is 1.13 bits per heavy atom. The van der Waals surface area contributed by atoms with Crippen LogP contribution in [0.4, 0.5) is 5.82 Å². The van der Waals surface area contributed by atoms with E-state index < -0.39 is 0 Å². The van der Waals surface area contributed by atoms with Crippen molar-refractivity contribution in [2.24, 2.45) is 0 Å². The van der Waals surface area contributed by atoms with E-state index in [0.29, 0.717) is 38.2 Å². The van der Waals surface area contributed by atoms with Crippen LogP contribution in [0.1, 0.15) is 15.4 Å². The molecule has 0 bridgehead atoms. The molecule has 0 spiro atoms. The quantitative estimate of drug-likeness (QED) is 0.453. The van der Waals surface area contributed by atoms with Crippen molar-refractivity contribution in [3.8, 4) is 22.6 Å². The molecule has 2 aromatic carbocycles. The minimum absolute atomic E-state index is 0.268. The number of halogens is 1. The van der Waals surface area contributed by atoms with Crippen LogP contribution in [0, 0.1) is 6.92 Å². The second-order valence-electron chi connectivity index (χ2n) is 6.69. The molecule has 31 heavy (non-hydrogen) atoms. The van der Waals surface area contributed by atoms with Gasteiger partial charge in [-0.1, -0.05) is 29.8 Å². The molecule has 0 radical (unpaired) electrons. The summed E-state index contributed by atoms with van der Waals surface area (Å²) in [5.41, 5.74) is 1.60. The van der Waals surface area contributed by atoms with Gasteiger partial charge in [-0.3, -0.25) is 9.59 Å². The molecule has 0 aliphatic rings. The highest BCUT2D eigenvalue weighted by Crippen LogP contribution is 2.30. The molecule has 0 saturated heterocycles. The van der Waals surface area contributed by atoms with Gasteiger partial charge in [-0.05, 0) is 60.3 Å². The SMILES string of the molecule is COc1cccc(-c2c(NC(=O)c3cccs3)n(-c3ccc(Cl)cc3)nc(C)c2=O)c1. The number of rotatable bonds is 5. The molecule has 0 atom stereocenters. The number of thiophene rings is 1. The first-order valence-corrected chi connectivity index (χ1v) is 10.6. The molecule has 2 heterocycles. The zero-order valence-electron chi connectivity index (χ0n) is 16.8. The number of aromatic nitrogens is 2. The Kier molecular flexibility index (Phi) is 5.88. The predicted molar refractivity (Wildman–Crippen MR) is 124 cm³/mol. The number of hydrogen-bond donors (Lipinski definition) is 1. The van der Waals surface area contributed by atoms with Gasteiger partial charge >= 0.3 is 0 Å². The van der Waals surface area contributed by atoms with Gasteiger partial charge in [-0.25, -0.2) is 4.68 Å². The Balaban J connectivity index is 1.98. The van der Waals surface area contributed by atoms with Crippen LogP contribution in [-0.4, -0.2) is 22.8 Å². The Labute approximate surface area is 187 Å². The van der Waals surface area contributed by atoms with E-state index in [1.807, 2.05) is 5.38 Å². The fourth-order valence-corrected chi connectivity index (χ4v) is 3.89. The monoisotopic (exact) mass is 451 g/mol. The minimum atomic E-state index is -0.327. The van der Waals surface area contributed by atoms with E-state index in [-0.39, 0.29) is 17.2 Å². The van der Waals surface area contributed by atoms with E-state index in [4.69, 9.17) is 16.3 Å². The number of methoxy groups -OCH3 is 1. The smallest absolute Gasteiger partial charge is 0.266 e. The highest BCUT2D eigenvalue weighted by molar-refractivity contribution is 7.12. The number of ether oxygens (including phenoxy) is 1. The summed E-state index contributed by atoms with van der Waals surface area (Å²) < 4.78 is 6.88. The van der Waals surface area contributed by atoms with E-state index in [9.17, 15) is 9.59 Å². The number of anilines is 1. The summed E-state index contributed by atoms with van der Waals surface area (Å²) in [4.78, 5) is 26.7. The number of hydrogen-bond acceptors (Lipinski definition) is 5. The van der Waals surface area contributed by atoms with Crippen LogP contribution in [0.25, 0.3) is 16.8 Å². The van der Waals surface area contributed by atoms with Crippen LogP contribution in [0.2, 0.25) is 5.02 Å². The van der Waals surface area contributed by atoms with Crippen LogP contribution >= 0.6 is 22.9 Å². The Bertz CT molecular complexity index is 1300. The lowest BCUT2D eigenvalue weighted by Gasteiger charge is -2.18. The fraction of sp³-hybridized carbons (Fsp3) is 0.0870. The van der Waals surface area contributed by atoms with Crippen LogP contribution in [0.5, 0.6) is 5.75 Å². The van der Waals surface area contributed by atoms with Gasteiger partial charge in [0, 0.05) is 5.02 Å². The standard InChI is InChI=1S/C23H18ClN3O3S/c1-14-21(28)20(15-5-3-6-18(13-15)30-2)22(25-23(29)19-7-4-12-31-19)27(26-14)17-10-8-16(24)9-11-17/h3-13H,1-2H3,(H,25,29). The molecule has 4 rings (SSSR count). The molecule has 0 saturated carbocycles. The third kappa shape index (κ3) is 4.23. The van der Waals surface area contributed by atoms with Crippen molar-refractivity contribution in [1.29, 1.82) is 0 Å². The van der Waals surface area contributed by atoms with Gasteiger partial charge in [-0.2, -0.15) is 5.10 Å². The number of amides is 1. The molecule has 0 fully saturated rings. The number of nitrogens with one attached hydrogen (secondary N) is 1. The zero-order valence-corrected chi connectivity index (χ0v) is 18.3. The topological polar surface area (TPSA) is 73.2 Å². The lowest BCUT2D eigenvalue weighted by atomic mass is 10.0. The summed E-state index contributed by atoms with van der Waals surface area (Å²) in [5, 5.41) is 9.74. The maximum Gasteiger partial charge on any atom is 0.266 e. The van der Waals surface area contributed by atoms with Crippen molar-refractivity contribution >= 4 is 34.7 Å². The van der Waals surface area contributed by atoms with Crippen molar-refractivity contribution in [1.82, 2.24) is 9.78 Å². The maximum absolute atomic E-state index is 13.2. The van der Waals surface area contributed by atoms with Crippen molar-refractivity contribution < 1.29 is 9.53 Å². The van der Waals surface area contributed by atoms with Crippen LogP contribution in [0.3, 0.4) is 0 Å². The Morgan fingerprint density at radius 2 is 1.90 bits per heavy atom. The van der Waals surface area contributed by atoms with E-state index in [1.54, 1.807) is 79.4 Å². The van der Waals surface area contributed by atoms with Gasteiger partial charge in [0.1, 0.15) is 17.3 Å². The second-order valence-corrected chi connectivity index (χ2v) is 8.07. The van der Waals surface area contributed by atoms with E-state index in [1.165, 1.54) is 11.3 Å². The first kappa shape index (κ1) is 20.8. The summed E-state index contributed by atoms with van der Waals surface area (Å²) in [5.74, 6) is 0.538. The normalized spacial score (nSPS) is 10.7. The number of nitrogens with zero attached hydrogens (tertiary/aromatic N) is 2. The Hall–Kier alpha value is -3.42. The van der Waals surface area contributed by atoms with Gasteiger partial charge in [0.25, 0.3) is 5.91 Å². The minimum Gasteiger partial charge on any atom is -0.497 e. The first-order valence-electron chi connectivity index (χ1n) is 9.37. The summed E-state index contributed by atoms with van der Waals surface area (Å²) in [7, 11) is 1.56. The number of carbonyl (C=O) groups excluding carboxylic acids is 1. The molecule has 156 valence electrons. The summed E-state index contributed by atoms with van der Waals surface area (Å²) in [6, 6.07) is 17.6. The highest BCUT2D eigenvalue weighted by atomic mass is 35.5. The number of benzene rings is 2. The van der Waals surface area contributed by atoms with Crippen molar-refractivity contribution in [3.63, 3.8) is 0 Å². The van der Waals surface area contributed by atoms with Gasteiger partial charge < -0.3 is 10.1 Å². The molecule has 0 unspecified atom stereocenters. The first-order chi connectivity index (χ1) is 15.0. The van der Waals surface area contributed by atoms with Crippen LogP contribution < -0.4 is 15.5 Å². The molecule has 1 N–H and O–H groups in total. The maximum atomic E-state index is 13.2. The molecular weight excluding hydrogens is 434 g/mol. The van der Waals surface area contributed by atoms with Crippen molar-refractivity contribution in [2.45, 2.75) is 6.92 Å². The van der Waals surface area contributed by atoms with E-state index >= 15 is 0 Å². The van der Waals surface area contributed by atoms with Crippen molar-refractivity contribution in [2.75, 3.05) is 12.4 Å². The lowest BCUT2D eigenvalue weighted by molar-refractivity contribution is 0.102. The van der Waals surface area contributed by atoms with Crippen LogP contribution in [-0.2, 0) is 0 Å². The highest BCUT2D eigenvalue weighted by Gasteiger charge is 2.21. The lowest BCUT2D eigenvalue weighted by Crippen LogP contribution is -2.24. The zero-order chi connectivity index (χ0) is 22.0. The third-order valence-electron chi connectivity index (χ3n) is 4.66. The number of carbonyl (C=O) groups is 1. The molecular formula is C23H18ClN3O3S. The molecule has 0 aliphatic heterocycles. The molecule has 6 nitrogen and oxygen atoms in total. The van der Waals surface area contributed by atoms with Crippen LogP contribution in [0.15, 0.2) is 70.8 Å². The molecule has 4 aromatic rings. The summed E-state index contributed by atoms with van der Waals surface area (Å²) >= 11 is 7.36. The number of aryl methyl sites for hydroxylation is 1. The molecule has 1 amide bonds. The Morgan fingerprint density at radius 3 is 2.58 bits per heavy atom. The van der Waals surface area contributed by atoms with Crippen molar-refractivity contribution in [3.05, 3.63) is 91.9 Å². The van der Waals surface area contributed by atoms with E-state index in [0.717, 1.165) is 0 Å². The van der Waals surface area contributed by atoms with Gasteiger partial charge in [0.15, 0.2) is 0 Å². The third-order valence-corrected chi connectivity index (χ3v) is 5.78. The predicted octanol–water partition coefficient (Wildman–Crippen LogP) is 5.18. The molecule has 8 heteroatoms. The van der Waals surface area contributed by atoms with Gasteiger partial charge in [-0.15, -0.1) is 11.3 Å². The van der Waals surface area contributed by atoms with Gasteiger partial charge in [0.2, 0.25) is 5.43 Å². The largest absolute Gasteiger partial charge is 0.497 e.